The molecule has 0 bridgehead atoms. The summed E-state index contributed by atoms with van der Waals surface area (Å²) in [5.74, 6) is -2.37. The average molecular weight is 321 g/mol. The summed E-state index contributed by atoms with van der Waals surface area (Å²) in [6.45, 7) is 0. The van der Waals surface area contributed by atoms with E-state index in [2.05, 4.69) is 5.32 Å². The van der Waals surface area contributed by atoms with Gasteiger partial charge in [-0.05, 0) is 24.5 Å². The second kappa shape index (κ2) is 7.13. The van der Waals surface area contributed by atoms with Crippen molar-refractivity contribution in [2.45, 2.75) is 12.8 Å². The van der Waals surface area contributed by atoms with Gasteiger partial charge in [0, 0.05) is 11.3 Å². The van der Waals surface area contributed by atoms with Gasteiger partial charge in [0.05, 0.1) is 11.8 Å². The molecule has 3 rings (SSSR count). The molecule has 24 heavy (non-hydrogen) atoms. The van der Waals surface area contributed by atoms with Crippen molar-refractivity contribution in [3.8, 4) is 11.1 Å². The van der Waals surface area contributed by atoms with Gasteiger partial charge in [-0.1, -0.05) is 60.7 Å². The third kappa shape index (κ3) is 3.38. The van der Waals surface area contributed by atoms with Crippen molar-refractivity contribution in [2.24, 2.45) is 11.8 Å². The number of carboxylic acids is 1. The van der Waals surface area contributed by atoms with E-state index in [1.54, 1.807) is 0 Å². The fourth-order valence-electron chi connectivity index (χ4n) is 3.06. The number of aliphatic carboxylic acids is 1. The van der Waals surface area contributed by atoms with Crippen LogP contribution < -0.4 is 5.32 Å². The molecule has 0 aromatic heterocycles. The highest BCUT2D eigenvalue weighted by Gasteiger charge is 2.34. The van der Waals surface area contributed by atoms with E-state index in [1.807, 2.05) is 66.7 Å². The molecule has 2 aromatic carbocycles. The van der Waals surface area contributed by atoms with E-state index >= 15 is 0 Å². The minimum atomic E-state index is -0.921. The molecule has 2 unspecified atom stereocenters. The maximum atomic E-state index is 12.7. The third-order valence-electron chi connectivity index (χ3n) is 4.36. The van der Waals surface area contributed by atoms with Crippen LogP contribution in [0.2, 0.25) is 0 Å². The summed E-state index contributed by atoms with van der Waals surface area (Å²) in [5.41, 5.74) is 2.63. The van der Waals surface area contributed by atoms with Crippen molar-refractivity contribution in [3.63, 3.8) is 0 Å². The van der Waals surface area contributed by atoms with Gasteiger partial charge < -0.3 is 10.4 Å². The molecule has 1 amide bonds. The topological polar surface area (TPSA) is 66.4 Å². The molecule has 0 aliphatic heterocycles. The molecule has 0 heterocycles. The van der Waals surface area contributed by atoms with Crippen LogP contribution >= 0.6 is 0 Å². The van der Waals surface area contributed by atoms with Crippen LogP contribution in [0.15, 0.2) is 66.7 Å². The summed E-state index contributed by atoms with van der Waals surface area (Å²) in [6.07, 6.45) is 4.57. The van der Waals surface area contributed by atoms with Gasteiger partial charge >= 0.3 is 5.97 Å². The number of carboxylic acid groups (broad SMARTS) is 1. The molecule has 122 valence electrons. The summed E-state index contributed by atoms with van der Waals surface area (Å²) < 4.78 is 0. The van der Waals surface area contributed by atoms with Crippen LogP contribution in [0, 0.1) is 11.8 Å². The number of allylic oxidation sites excluding steroid dienone is 2. The van der Waals surface area contributed by atoms with Gasteiger partial charge in [0.1, 0.15) is 0 Å². The lowest BCUT2D eigenvalue weighted by molar-refractivity contribution is -0.146. The van der Waals surface area contributed by atoms with E-state index in [0.29, 0.717) is 18.5 Å². The molecule has 2 N–H and O–H groups in total. The molecular formula is C20H19NO3. The molecular weight excluding hydrogens is 302 g/mol. The summed E-state index contributed by atoms with van der Waals surface area (Å²) in [5, 5.41) is 12.3. The quantitative estimate of drug-likeness (QED) is 0.838. The molecule has 1 aliphatic carbocycles. The van der Waals surface area contributed by atoms with Crippen molar-refractivity contribution >= 4 is 17.6 Å². The van der Waals surface area contributed by atoms with Crippen LogP contribution in [-0.4, -0.2) is 17.0 Å². The highest BCUT2D eigenvalue weighted by molar-refractivity contribution is 5.98. The van der Waals surface area contributed by atoms with Crippen LogP contribution in [0.5, 0.6) is 0 Å². The number of hydrogen-bond acceptors (Lipinski definition) is 2. The maximum absolute atomic E-state index is 12.7. The molecule has 4 heteroatoms. The first-order chi connectivity index (χ1) is 11.7. The maximum Gasteiger partial charge on any atom is 0.307 e. The fraction of sp³-hybridized carbons (Fsp3) is 0.200. The number of para-hydroxylation sites is 1. The fourth-order valence-corrected chi connectivity index (χ4v) is 3.06. The number of hydrogen-bond donors (Lipinski definition) is 2. The van der Waals surface area contributed by atoms with E-state index in [1.165, 1.54) is 0 Å². The highest BCUT2D eigenvalue weighted by Crippen LogP contribution is 2.31. The SMILES string of the molecule is O=C(O)C1CC=CCC1C(=O)Nc1ccccc1-c1ccccc1. The van der Waals surface area contributed by atoms with Crippen molar-refractivity contribution in [2.75, 3.05) is 5.32 Å². The van der Waals surface area contributed by atoms with Crippen LogP contribution in [0.1, 0.15) is 12.8 Å². The minimum absolute atomic E-state index is 0.241. The van der Waals surface area contributed by atoms with Gasteiger partial charge in [0.2, 0.25) is 5.91 Å². The average Bonchev–Trinajstić information content (AvgIpc) is 2.63. The van der Waals surface area contributed by atoms with E-state index in [-0.39, 0.29) is 5.91 Å². The monoisotopic (exact) mass is 321 g/mol. The molecule has 0 spiro atoms. The lowest BCUT2D eigenvalue weighted by Gasteiger charge is -2.24. The Morgan fingerprint density at radius 2 is 1.50 bits per heavy atom. The Bertz CT molecular complexity index is 767. The van der Waals surface area contributed by atoms with Gasteiger partial charge in [0.15, 0.2) is 0 Å². The van der Waals surface area contributed by atoms with Gasteiger partial charge in [-0.3, -0.25) is 9.59 Å². The number of amides is 1. The predicted molar refractivity (Wildman–Crippen MR) is 93.5 cm³/mol. The Kier molecular flexibility index (Phi) is 4.75. The molecule has 0 radical (unpaired) electrons. The molecule has 1 aliphatic rings. The Morgan fingerprint density at radius 1 is 0.875 bits per heavy atom. The highest BCUT2D eigenvalue weighted by atomic mass is 16.4. The second-order valence-electron chi connectivity index (χ2n) is 5.89. The first-order valence-corrected chi connectivity index (χ1v) is 8.00. The standard InChI is InChI=1S/C20H19NO3/c22-19(16-11-4-5-12-17(16)20(23)24)21-18-13-7-6-10-15(18)14-8-2-1-3-9-14/h1-10,13,16-17H,11-12H2,(H,21,22)(H,23,24). The number of benzene rings is 2. The largest absolute Gasteiger partial charge is 0.481 e. The molecule has 0 saturated carbocycles. The summed E-state index contributed by atoms with van der Waals surface area (Å²) in [6, 6.07) is 17.4. The van der Waals surface area contributed by atoms with E-state index in [4.69, 9.17) is 0 Å². The number of rotatable bonds is 4. The van der Waals surface area contributed by atoms with Gasteiger partial charge in [-0.15, -0.1) is 0 Å². The van der Waals surface area contributed by atoms with Gasteiger partial charge in [-0.2, -0.15) is 0 Å². The molecule has 2 atom stereocenters. The van der Waals surface area contributed by atoms with Crippen molar-refractivity contribution < 1.29 is 14.7 Å². The van der Waals surface area contributed by atoms with Crippen LogP contribution in [0.25, 0.3) is 11.1 Å². The Morgan fingerprint density at radius 3 is 2.21 bits per heavy atom. The normalized spacial score (nSPS) is 19.7. The summed E-state index contributed by atoms with van der Waals surface area (Å²) in [4.78, 5) is 24.1. The zero-order chi connectivity index (χ0) is 16.9. The molecule has 2 aromatic rings. The number of anilines is 1. The molecule has 0 fully saturated rings. The Hall–Kier alpha value is -2.88. The molecule has 4 nitrogen and oxygen atoms in total. The first-order valence-electron chi connectivity index (χ1n) is 8.00. The summed E-state index contributed by atoms with van der Waals surface area (Å²) >= 11 is 0. The van der Waals surface area contributed by atoms with Crippen molar-refractivity contribution in [1.29, 1.82) is 0 Å². The second-order valence-corrected chi connectivity index (χ2v) is 5.89. The molecule has 0 saturated heterocycles. The summed E-state index contributed by atoms with van der Waals surface area (Å²) in [7, 11) is 0. The van der Waals surface area contributed by atoms with Crippen LogP contribution in [0.3, 0.4) is 0 Å². The number of carbonyl (C=O) groups excluding carboxylic acids is 1. The third-order valence-corrected chi connectivity index (χ3v) is 4.36. The number of carbonyl (C=O) groups is 2. The van der Waals surface area contributed by atoms with Crippen molar-refractivity contribution in [3.05, 3.63) is 66.7 Å². The smallest absolute Gasteiger partial charge is 0.307 e. The zero-order valence-corrected chi connectivity index (χ0v) is 13.2. The number of nitrogens with one attached hydrogen (secondary N) is 1. The van der Waals surface area contributed by atoms with Crippen LogP contribution in [-0.2, 0) is 9.59 Å². The minimum Gasteiger partial charge on any atom is -0.481 e. The Balaban J connectivity index is 1.85. The zero-order valence-electron chi connectivity index (χ0n) is 13.2. The van der Waals surface area contributed by atoms with Gasteiger partial charge in [-0.25, -0.2) is 0 Å². The van der Waals surface area contributed by atoms with Crippen molar-refractivity contribution in [1.82, 2.24) is 0 Å². The predicted octanol–water partition coefficient (Wildman–Crippen LogP) is 3.96. The van der Waals surface area contributed by atoms with E-state index in [9.17, 15) is 14.7 Å². The van der Waals surface area contributed by atoms with E-state index in [0.717, 1.165) is 11.1 Å². The Labute approximate surface area is 140 Å². The first kappa shape index (κ1) is 16.0. The van der Waals surface area contributed by atoms with E-state index < -0.39 is 17.8 Å². The van der Waals surface area contributed by atoms with Gasteiger partial charge in [0.25, 0.3) is 0 Å². The lowest BCUT2D eigenvalue weighted by Crippen LogP contribution is -2.34. The van der Waals surface area contributed by atoms with Crippen LogP contribution in [0.4, 0.5) is 5.69 Å². The lowest BCUT2D eigenvalue weighted by atomic mass is 9.82.